The molecule has 0 N–H and O–H groups in total. The number of aromatic nitrogens is 2. The van der Waals surface area contributed by atoms with E-state index in [0.29, 0.717) is 0 Å². The SMILES string of the molecule is CC1(C)OC=C(CCn2cc(Br)cn2)O1. The second kappa shape index (κ2) is 3.89. The lowest BCUT2D eigenvalue weighted by Gasteiger charge is -2.18. The predicted molar refractivity (Wildman–Crippen MR) is 58.9 cm³/mol. The van der Waals surface area contributed by atoms with Gasteiger partial charge in [-0.15, -0.1) is 0 Å². The van der Waals surface area contributed by atoms with E-state index >= 15 is 0 Å². The molecular weight excluding hydrogens is 260 g/mol. The highest BCUT2D eigenvalue weighted by atomic mass is 79.9. The number of rotatable bonds is 3. The number of halogens is 1. The van der Waals surface area contributed by atoms with Gasteiger partial charge >= 0.3 is 0 Å². The first-order chi connectivity index (χ1) is 7.05. The van der Waals surface area contributed by atoms with Crippen LogP contribution in [-0.2, 0) is 16.0 Å². The van der Waals surface area contributed by atoms with Crippen LogP contribution in [0.2, 0.25) is 0 Å². The van der Waals surface area contributed by atoms with Crippen LogP contribution in [0.4, 0.5) is 0 Å². The van der Waals surface area contributed by atoms with Gasteiger partial charge < -0.3 is 9.47 Å². The minimum atomic E-state index is -0.514. The van der Waals surface area contributed by atoms with Gasteiger partial charge in [0.2, 0.25) is 5.79 Å². The van der Waals surface area contributed by atoms with E-state index in [1.807, 2.05) is 24.7 Å². The zero-order valence-electron chi connectivity index (χ0n) is 8.74. The molecule has 0 saturated carbocycles. The van der Waals surface area contributed by atoms with Crippen LogP contribution in [-0.4, -0.2) is 15.6 Å². The molecule has 0 amide bonds. The number of ether oxygens (including phenoxy) is 2. The third-order valence-corrected chi connectivity index (χ3v) is 2.45. The Hall–Kier alpha value is -0.970. The van der Waals surface area contributed by atoms with Crippen LogP contribution in [0, 0.1) is 0 Å². The molecule has 1 aromatic heterocycles. The molecule has 2 heterocycles. The molecule has 1 aliphatic heterocycles. The van der Waals surface area contributed by atoms with Gasteiger partial charge in [-0.1, -0.05) is 0 Å². The summed E-state index contributed by atoms with van der Waals surface area (Å²) in [5, 5.41) is 4.16. The van der Waals surface area contributed by atoms with Gasteiger partial charge in [0.1, 0.15) is 12.0 Å². The molecule has 0 aromatic carbocycles. The van der Waals surface area contributed by atoms with Crippen LogP contribution >= 0.6 is 15.9 Å². The number of hydrogen-bond acceptors (Lipinski definition) is 3. The largest absolute Gasteiger partial charge is 0.457 e. The van der Waals surface area contributed by atoms with Crippen molar-refractivity contribution in [1.29, 1.82) is 0 Å². The second-order valence-electron chi connectivity index (χ2n) is 3.88. The van der Waals surface area contributed by atoms with E-state index in [1.54, 1.807) is 12.5 Å². The Morgan fingerprint density at radius 2 is 2.33 bits per heavy atom. The first-order valence-electron chi connectivity index (χ1n) is 4.79. The Morgan fingerprint density at radius 1 is 1.53 bits per heavy atom. The van der Waals surface area contributed by atoms with Crippen LogP contribution in [0.1, 0.15) is 20.3 Å². The molecule has 4 nitrogen and oxygen atoms in total. The Kier molecular flexibility index (Phi) is 2.73. The highest BCUT2D eigenvalue weighted by molar-refractivity contribution is 9.10. The van der Waals surface area contributed by atoms with E-state index in [0.717, 1.165) is 23.2 Å². The fourth-order valence-corrected chi connectivity index (χ4v) is 1.69. The molecule has 0 saturated heterocycles. The van der Waals surface area contributed by atoms with E-state index < -0.39 is 5.79 Å². The summed E-state index contributed by atoms with van der Waals surface area (Å²) >= 11 is 3.35. The van der Waals surface area contributed by atoms with E-state index in [1.165, 1.54) is 0 Å². The van der Waals surface area contributed by atoms with Crippen LogP contribution in [0.5, 0.6) is 0 Å². The monoisotopic (exact) mass is 272 g/mol. The molecule has 0 bridgehead atoms. The van der Waals surface area contributed by atoms with Crippen LogP contribution in [0.3, 0.4) is 0 Å². The molecule has 15 heavy (non-hydrogen) atoms. The van der Waals surface area contributed by atoms with Crippen molar-refractivity contribution >= 4 is 15.9 Å². The Balaban J connectivity index is 1.85. The summed E-state index contributed by atoms with van der Waals surface area (Å²) in [6.07, 6.45) is 6.17. The fraction of sp³-hybridized carbons (Fsp3) is 0.500. The normalized spacial score (nSPS) is 18.2. The zero-order chi connectivity index (χ0) is 10.9. The minimum absolute atomic E-state index is 0.514. The summed E-state index contributed by atoms with van der Waals surface area (Å²) in [5.41, 5.74) is 0. The van der Waals surface area contributed by atoms with Crippen LogP contribution < -0.4 is 0 Å². The molecule has 1 aromatic rings. The molecule has 5 heteroatoms. The summed E-state index contributed by atoms with van der Waals surface area (Å²) in [6, 6.07) is 0. The highest BCUT2D eigenvalue weighted by Gasteiger charge is 2.27. The summed E-state index contributed by atoms with van der Waals surface area (Å²) < 4.78 is 13.7. The summed E-state index contributed by atoms with van der Waals surface area (Å²) in [6.45, 7) is 4.57. The summed E-state index contributed by atoms with van der Waals surface area (Å²) in [5.74, 6) is 0.353. The molecule has 0 atom stereocenters. The van der Waals surface area contributed by atoms with Gasteiger partial charge in [-0.25, -0.2) is 0 Å². The average molecular weight is 273 g/mol. The van der Waals surface area contributed by atoms with Gasteiger partial charge in [-0.05, 0) is 15.9 Å². The van der Waals surface area contributed by atoms with Gasteiger partial charge in [0.05, 0.1) is 10.7 Å². The quantitative estimate of drug-likeness (QED) is 0.849. The van der Waals surface area contributed by atoms with Gasteiger partial charge in [-0.3, -0.25) is 4.68 Å². The van der Waals surface area contributed by atoms with Gasteiger partial charge in [0, 0.05) is 33.0 Å². The third-order valence-electron chi connectivity index (χ3n) is 2.04. The van der Waals surface area contributed by atoms with E-state index in [2.05, 4.69) is 21.0 Å². The number of aryl methyl sites for hydroxylation is 1. The molecule has 82 valence electrons. The molecule has 0 unspecified atom stereocenters. The topological polar surface area (TPSA) is 36.3 Å². The number of hydrogen-bond donors (Lipinski definition) is 0. The molecule has 0 fully saturated rings. The zero-order valence-corrected chi connectivity index (χ0v) is 10.3. The lowest BCUT2D eigenvalue weighted by atomic mass is 10.3. The maximum atomic E-state index is 5.56. The van der Waals surface area contributed by atoms with Crippen molar-refractivity contribution < 1.29 is 9.47 Å². The lowest BCUT2D eigenvalue weighted by molar-refractivity contribution is -0.117. The van der Waals surface area contributed by atoms with Crippen molar-refractivity contribution in [3.05, 3.63) is 28.9 Å². The number of allylic oxidation sites excluding steroid dienone is 1. The van der Waals surface area contributed by atoms with E-state index in [4.69, 9.17) is 9.47 Å². The van der Waals surface area contributed by atoms with E-state index in [9.17, 15) is 0 Å². The minimum Gasteiger partial charge on any atom is -0.457 e. The standard InChI is InChI=1S/C10H13BrN2O2/c1-10(2)14-7-9(15-10)3-4-13-6-8(11)5-12-13/h5-7H,3-4H2,1-2H3. The smallest absolute Gasteiger partial charge is 0.244 e. The van der Waals surface area contributed by atoms with Crippen LogP contribution in [0.15, 0.2) is 28.9 Å². The first-order valence-corrected chi connectivity index (χ1v) is 5.58. The van der Waals surface area contributed by atoms with Crippen molar-refractivity contribution in [3.63, 3.8) is 0 Å². The first kappa shape index (κ1) is 10.5. The van der Waals surface area contributed by atoms with E-state index in [-0.39, 0.29) is 0 Å². The maximum Gasteiger partial charge on any atom is 0.244 e. The molecule has 1 aliphatic rings. The highest BCUT2D eigenvalue weighted by Crippen LogP contribution is 2.26. The third kappa shape index (κ3) is 2.75. The maximum absolute atomic E-state index is 5.56. The summed E-state index contributed by atoms with van der Waals surface area (Å²) in [7, 11) is 0. The Labute approximate surface area is 97.0 Å². The number of nitrogens with zero attached hydrogens (tertiary/aromatic N) is 2. The van der Waals surface area contributed by atoms with Crippen LogP contribution in [0.25, 0.3) is 0 Å². The van der Waals surface area contributed by atoms with Gasteiger partial charge in [0.25, 0.3) is 0 Å². The molecule has 0 spiro atoms. The average Bonchev–Trinajstić information content (AvgIpc) is 2.69. The summed E-state index contributed by atoms with van der Waals surface area (Å²) in [4.78, 5) is 0. The van der Waals surface area contributed by atoms with Gasteiger partial charge in [-0.2, -0.15) is 5.10 Å². The second-order valence-corrected chi connectivity index (χ2v) is 4.79. The Morgan fingerprint density at radius 3 is 2.87 bits per heavy atom. The van der Waals surface area contributed by atoms with Crippen molar-refractivity contribution in [3.8, 4) is 0 Å². The van der Waals surface area contributed by atoms with Crippen molar-refractivity contribution in [1.82, 2.24) is 9.78 Å². The lowest BCUT2D eigenvalue weighted by Crippen LogP contribution is -2.20. The molecule has 0 aliphatic carbocycles. The van der Waals surface area contributed by atoms with Crippen molar-refractivity contribution in [2.24, 2.45) is 0 Å². The Bertz CT molecular complexity index is 385. The van der Waals surface area contributed by atoms with Gasteiger partial charge in [0.15, 0.2) is 0 Å². The van der Waals surface area contributed by atoms with Crippen molar-refractivity contribution in [2.75, 3.05) is 0 Å². The predicted octanol–water partition coefficient (Wildman–Crippen LogP) is 2.66. The molecule has 0 radical (unpaired) electrons. The fourth-order valence-electron chi connectivity index (χ4n) is 1.37. The molecule has 2 rings (SSSR count). The van der Waals surface area contributed by atoms with Crippen molar-refractivity contribution in [2.45, 2.75) is 32.6 Å². The molecular formula is C10H13BrN2O2.